The first kappa shape index (κ1) is 18.5. The maximum Gasteiger partial charge on any atom is 0.118 e. The molecule has 0 aromatic carbocycles. The molecule has 1 N–H and O–H groups in total. The van der Waals surface area contributed by atoms with Gasteiger partial charge in [0.1, 0.15) is 11.5 Å². The minimum absolute atomic E-state index is 0.238. The van der Waals surface area contributed by atoms with Crippen molar-refractivity contribution in [1.29, 1.82) is 0 Å². The molecule has 1 fully saturated rings. The average molecular weight is 325 g/mol. The Morgan fingerprint density at radius 3 is 2.74 bits per heavy atom. The van der Waals surface area contributed by atoms with Crippen LogP contribution < -0.4 is 0 Å². The van der Waals surface area contributed by atoms with Crippen LogP contribution in [0, 0.1) is 6.92 Å². The summed E-state index contributed by atoms with van der Waals surface area (Å²) in [5.74, 6) is 1.83. The summed E-state index contributed by atoms with van der Waals surface area (Å²) in [5, 5.41) is 10.3. The number of rotatable bonds is 8. The lowest BCUT2D eigenvalue weighted by Crippen LogP contribution is -2.40. The first-order chi connectivity index (χ1) is 10.8. The van der Waals surface area contributed by atoms with Crippen molar-refractivity contribution >= 4 is 0 Å². The smallest absolute Gasteiger partial charge is 0.118 e. The molecule has 0 saturated carbocycles. The lowest BCUT2D eigenvalue weighted by Gasteiger charge is -2.28. The lowest BCUT2D eigenvalue weighted by atomic mass is 10.2. The van der Waals surface area contributed by atoms with E-state index in [0.717, 1.165) is 37.5 Å². The van der Waals surface area contributed by atoms with Gasteiger partial charge in [0.05, 0.1) is 31.0 Å². The normalized spacial score (nSPS) is 20.3. The molecule has 2 atom stereocenters. The Hall–Kier alpha value is -0.880. The van der Waals surface area contributed by atoms with Crippen molar-refractivity contribution in [1.82, 2.24) is 4.90 Å². The number of aliphatic hydroxyl groups is 1. The molecule has 1 aromatic heterocycles. The van der Waals surface area contributed by atoms with E-state index in [1.54, 1.807) is 0 Å². The van der Waals surface area contributed by atoms with Gasteiger partial charge in [0.15, 0.2) is 0 Å². The van der Waals surface area contributed by atoms with E-state index >= 15 is 0 Å². The van der Waals surface area contributed by atoms with Gasteiger partial charge in [-0.25, -0.2) is 0 Å². The van der Waals surface area contributed by atoms with Crippen LogP contribution in [0.4, 0.5) is 0 Å². The second-order valence-electron chi connectivity index (χ2n) is 7.42. The Morgan fingerprint density at radius 1 is 1.39 bits per heavy atom. The summed E-state index contributed by atoms with van der Waals surface area (Å²) in [6.45, 7) is 11.2. The molecule has 2 heterocycles. The third-order valence-electron chi connectivity index (χ3n) is 3.84. The molecule has 1 aliphatic rings. The van der Waals surface area contributed by atoms with E-state index in [9.17, 15) is 5.11 Å². The molecule has 0 aliphatic carbocycles. The number of ether oxygens (including phenoxy) is 2. The summed E-state index contributed by atoms with van der Waals surface area (Å²) < 4.78 is 17.1. The van der Waals surface area contributed by atoms with Crippen molar-refractivity contribution in [2.45, 2.75) is 64.9 Å². The molecular weight excluding hydrogens is 294 g/mol. The maximum atomic E-state index is 10.3. The number of hydrogen-bond acceptors (Lipinski definition) is 5. The summed E-state index contributed by atoms with van der Waals surface area (Å²) in [6, 6.07) is 3.97. The highest BCUT2D eigenvalue weighted by Gasteiger charge is 2.23. The Bertz CT molecular complexity index is 460. The Morgan fingerprint density at radius 2 is 2.17 bits per heavy atom. The van der Waals surface area contributed by atoms with Crippen molar-refractivity contribution in [2.24, 2.45) is 0 Å². The summed E-state index contributed by atoms with van der Waals surface area (Å²) in [7, 11) is 0. The van der Waals surface area contributed by atoms with E-state index < -0.39 is 6.10 Å². The Balaban J connectivity index is 1.89. The quantitative estimate of drug-likeness (QED) is 0.796. The van der Waals surface area contributed by atoms with Crippen LogP contribution in [0.3, 0.4) is 0 Å². The molecule has 1 saturated heterocycles. The predicted octanol–water partition coefficient (Wildman–Crippen LogP) is 2.75. The van der Waals surface area contributed by atoms with Crippen LogP contribution in [-0.4, -0.2) is 54.1 Å². The van der Waals surface area contributed by atoms with E-state index in [2.05, 4.69) is 4.90 Å². The molecule has 0 unspecified atom stereocenters. The SMILES string of the molecule is Cc1ccc(CN(C[C@@H](O)COC(C)(C)C)C[C@@H]2CCCO2)o1. The standard InChI is InChI=1S/C18H31NO4/c1-14-7-8-17(23-14)12-19(11-16-6-5-9-21-16)10-15(20)13-22-18(2,3)4/h7-8,15-16,20H,5-6,9-13H2,1-4H3/t15-,16+/m1/s1. The molecule has 132 valence electrons. The maximum absolute atomic E-state index is 10.3. The topological polar surface area (TPSA) is 55.1 Å². The van der Waals surface area contributed by atoms with Crippen molar-refractivity contribution in [3.05, 3.63) is 23.7 Å². The molecule has 0 radical (unpaired) electrons. The Labute approximate surface area is 139 Å². The number of aryl methyl sites for hydroxylation is 1. The summed E-state index contributed by atoms with van der Waals surface area (Å²) in [4.78, 5) is 2.20. The van der Waals surface area contributed by atoms with Crippen LogP contribution in [-0.2, 0) is 16.0 Å². The minimum atomic E-state index is -0.522. The van der Waals surface area contributed by atoms with E-state index in [-0.39, 0.29) is 11.7 Å². The molecule has 0 bridgehead atoms. The van der Waals surface area contributed by atoms with E-state index in [4.69, 9.17) is 13.9 Å². The molecule has 2 rings (SSSR count). The average Bonchev–Trinajstić information content (AvgIpc) is 3.08. The largest absolute Gasteiger partial charge is 0.465 e. The van der Waals surface area contributed by atoms with Gasteiger partial charge in [-0.3, -0.25) is 4.90 Å². The highest BCUT2D eigenvalue weighted by atomic mass is 16.5. The Kier molecular flexibility index (Phi) is 6.65. The second-order valence-corrected chi connectivity index (χ2v) is 7.42. The zero-order valence-corrected chi connectivity index (χ0v) is 14.9. The van der Waals surface area contributed by atoms with Crippen molar-refractivity contribution in [2.75, 3.05) is 26.3 Å². The fourth-order valence-electron chi connectivity index (χ4n) is 2.77. The van der Waals surface area contributed by atoms with Crippen LogP contribution in [0.25, 0.3) is 0 Å². The van der Waals surface area contributed by atoms with Crippen molar-refractivity contribution < 1.29 is 19.0 Å². The van der Waals surface area contributed by atoms with Gasteiger partial charge in [-0.2, -0.15) is 0 Å². The summed E-state index contributed by atoms with van der Waals surface area (Å²) in [5.41, 5.74) is -0.238. The van der Waals surface area contributed by atoms with Gasteiger partial charge in [0.2, 0.25) is 0 Å². The zero-order chi connectivity index (χ0) is 16.9. The van der Waals surface area contributed by atoms with Crippen LogP contribution in [0.5, 0.6) is 0 Å². The fourth-order valence-corrected chi connectivity index (χ4v) is 2.77. The van der Waals surface area contributed by atoms with Crippen LogP contribution >= 0.6 is 0 Å². The summed E-state index contributed by atoms with van der Waals surface area (Å²) >= 11 is 0. The first-order valence-corrected chi connectivity index (χ1v) is 8.53. The lowest BCUT2D eigenvalue weighted by molar-refractivity contribution is -0.0598. The minimum Gasteiger partial charge on any atom is -0.465 e. The molecule has 5 nitrogen and oxygen atoms in total. The van der Waals surface area contributed by atoms with E-state index in [1.165, 1.54) is 0 Å². The van der Waals surface area contributed by atoms with E-state index in [1.807, 2.05) is 39.8 Å². The number of hydrogen-bond donors (Lipinski definition) is 1. The highest BCUT2D eigenvalue weighted by molar-refractivity contribution is 5.05. The van der Waals surface area contributed by atoms with Crippen LogP contribution in [0.1, 0.15) is 45.1 Å². The molecule has 5 heteroatoms. The van der Waals surface area contributed by atoms with Gasteiger partial charge >= 0.3 is 0 Å². The zero-order valence-electron chi connectivity index (χ0n) is 14.9. The van der Waals surface area contributed by atoms with Crippen molar-refractivity contribution in [3.63, 3.8) is 0 Å². The van der Waals surface area contributed by atoms with Crippen LogP contribution in [0.2, 0.25) is 0 Å². The van der Waals surface area contributed by atoms with Gasteiger partial charge in [0.25, 0.3) is 0 Å². The number of furan rings is 1. The van der Waals surface area contributed by atoms with Crippen LogP contribution in [0.15, 0.2) is 16.5 Å². The third kappa shape index (κ3) is 7.04. The predicted molar refractivity (Wildman–Crippen MR) is 89.4 cm³/mol. The molecular formula is C18H31NO4. The first-order valence-electron chi connectivity index (χ1n) is 8.53. The molecule has 0 spiro atoms. The molecule has 1 aromatic rings. The van der Waals surface area contributed by atoms with Gasteiger partial charge in [-0.1, -0.05) is 0 Å². The van der Waals surface area contributed by atoms with Gasteiger partial charge in [-0.15, -0.1) is 0 Å². The third-order valence-corrected chi connectivity index (χ3v) is 3.84. The summed E-state index contributed by atoms with van der Waals surface area (Å²) in [6.07, 6.45) is 1.93. The molecule has 0 amide bonds. The molecule has 23 heavy (non-hydrogen) atoms. The van der Waals surface area contributed by atoms with Gasteiger partial charge in [-0.05, 0) is 52.7 Å². The van der Waals surface area contributed by atoms with Crippen molar-refractivity contribution in [3.8, 4) is 0 Å². The number of nitrogens with zero attached hydrogens (tertiary/aromatic N) is 1. The highest BCUT2D eigenvalue weighted by Crippen LogP contribution is 2.17. The number of aliphatic hydroxyl groups excluding tert-OH is 1. The monoisotopic (exact) mass is 325 g/mol. The van der Waals surface area contributed by atoms with E-state index in [0.29, 0.717) is 19.7 Å². The second kappa shape index (κ2) is 8.29. The molecule has 1 aliphatic heterocycles. The van der Waals surface area contributed by atoms with Gasteiger partial charge < -0.3 is 19.0 Å². The van der Waals surface area contributed by atoms with Gasteiger partial charge in [0, 0.05) is 19.7 Å². The fraction of sp³-hybridized carbons (Fsp3) is 0.778.